The summed E-state index contributed by atoms with van der Waals surface area (Å²) in [5, 5.41) is 40.8. The number of likely N-dealkylation sites (tertiary alicyclic amines) is 1. The predicted molar refractivity (Wildman–Crippen MR) is 279 cm³/mol. The minimum Gasteiger partial charge on any atom is -0.507 e. The Morgan fingerprint density at radius 3 is 2.25 bits per heavy atom. The third-order valence-corrected chi connectivity index (χ3v) is 15.1. The molecule has 75 heavy (non-hydrogen) atoms. The minimum atomic E-state index is -0.887. The number of fused-ring (bicyclic) bond motifs is 2. The number of nitrogens with zero attached hydrogens (tertiary/aromatic N) is 11. The van der Waals surface area contributed by atoms with Crippen molar-refractivity contribution < 1.29 is 38.2 Å². The molecule has 0 aliphatic carbocycles. The second kappa shape index (κ2) is 22.2. The topological polar surface area (TPSA) is 230 Å². The van der Waals surface area contributed by atoms with Crippen molar-refractivity contribution in [2.24, 2.45) is 13.0 Å². The van der Waals surface area contributed by atoms with Crippen LogP contribution < -0.4 is 30.3 Å². The van der Waals surface area contributed by atoms with Crippen molar-refractivity contribution in [3.8, 4) is 40.0 Å². The number of β-amino-alcohol motifs (C(OH)–C–C–N with tert-alkyl or cyclic N) is 1. The number of para-hydroxylation sites is 1. The first-order valence-electron chi connectivity index (χ1n) is 25.9. The Hall–Kier alpha value is -7.36. The van der Waals surface area contributed by atoms with E-state index in [0.717, 1.165) is 75.6 Å². The highest BCUT2D eigenvalue weighted by molar-refractivity contribution is 5.91. The van der Waals surface area contributed by atoms with Crippen LogP contribution in [0, 0.1) is 11.7 Å². The number of phenols is 1. The summed E-state index contributed by atoms with van der Waals surface area (Å²) in [6.45, 7) is 13.1. The molecule has 5 N–H and O–H groups in total. The van der Waals surface area contributed by atoms with Gasteiger partial charge >= 0.3 is 0 Å². The molecule has 0 radical (unpaired) electrons. The smallest absolute Gasteiger partial charge is 0.254 e. The third kappa shape index (κ3) is 11.2. The number of nitrogens with one attached hydrogen (secondary N) is 1. The number of piperazine rings is 2. The van der Waals surface area contributed by atoms with Gasteiger partial charge in [0, 0.05) is 120 Å². The van der Waals surface area contributed by atoms with E-state index in [2.05, 4.69) is 56.4 Å². The number of aliphatic hydroxyl groups excluding tert-OH is 1. The van der Waals surface area contributed by atoms with Gasteiger partial charge in [-0.05, 0) is 60.7 Å². The molecule has 0 saturated carbocycles. The van der Waals surface area contributed by atoms with Crippen LogP contribution in [-0.4, -0.2) is 163 Å². The molecule has 2 amide bonds. The number of hydrogen-bond acceptors (Lipinski definition) is 17. The zero-order chi connectivity index (χ0) is 52.3. The van der Waals surface area contributed by atoms with Gasteiger partial charge in [0.05, 0.1) is 29.7 Å². The number of amides is 2. The van der Waals surface area contributed by atoms with Crippen molar-refractivity contribution in [3.05, 3.63) is 102 Å². The Labute approximate surface area is 435 Å². The summed E-state index contributed by atoms with van der Waals surface area (Å²) in [7, 11) is 1.67. The number of nitrogens with two attached hydrogens (primary N) is 1. The van der Waals surface area contributed by atoms with E-state index in [0.29, 0.717) is 59.7 Å². The van der Waals surface area contributed by atoms with Crippen LogP contribution in [0.4, 0.5) is 21.6 Å². The number of nitrogen functional groups attached to an aromatic ring is 1. The molecule has 6 atom stereocenters. The molecule has 21 heteroatoms. The second-order valence-corrected chi connectivity index (χ2v) is 20.4. The fourth-order valence-corrected chi connectivity index (χ4v) is 11.2. The van der Waals surface area contributed by atoms with Crippen molar-refractivity contribution in [2.45, 2.75) is 76.2 Å². The standard InChI is InChI=1S/C54H66FN13O7/c1-33(2)50(54(72)67-32-40(69)26-45(67)53(71)59-34(3)35-9-11-36(12-10-35)51-42(55)29-58-63(51)4)47-28-49(62-75-47)74-24-22-65-19-17-64(18-20-65)21-23-73-48-25-37(15-16-57-48)68-38-13-14-39(68)31-66(30-38)44-27-43(60-61-52(44)56)41-7-5-6-8-46(41)70/h5-12,15-16,25,27-29,33-34,38-40,45,50,69-70H,13-14,17-24,26,30-32H2,1-4H3,(H2,56,61)(H,59,71)/t34-,38?,39?,40+,45-,50-/m0/s1. The summed E-state index contributed by atoms with van der Waals surface area (Å²) in [6, 6.07) is 21.2. The van der Waals surface area contributed by atoms with Crippen molar-refractivity contribution in [2.75, 3.05) is 87.7 Å². The van der Waals surface area contributed by atoms with Gasteiger partial charge in [-0.1, -0.05) is 50.2 Å². The Balaban J connectivity index is 0.656. The Kier molecular flexibility index (Phi) is 15.2. The number of aromatic hydroxyl groups is 1. The lowest BCUT2D eigenvalue weighted by Gasteiger charge is -2.43. The number of anilines is 3. The molecular weight excluding hydrogens is 962 g/mol. The number of hydrogen-bond donors (Lipinski definition) is 4. The van der Waals surface area contributed by atoms with Crippen LogP contribution in [0.5, 0.6) is 17.5 Å². The molecule has 8 heterocycles. The summed E-state index contributed by atoms with van der Waals surface area (Å²) in [4.78, 5) is 43.5. The normalized spacial score (nSPS) is 20.9. The van der Waals surface area contributed by atoms with Gasteiger partial charge in [0.2, 0.25) is 17.7 Å². The first-order chi connectivity index (χ1) is 36.3. The van der Waals surface area contributed by atoms with Gasteiger partial charge in [-0.15, -0.1) is 10.2 Å². The number of rotatable bonds is 18. The third-order valence-electron chi connectivity index (χ3n) is 15.1. The molecule has 6 aromatic rings. The Bertz CT molecular complexity index is 2910. The maximum Gasteiger partial charge on any atom is 0.254 e. The average molecular weight is 1030 g/mol. The largest absolute Gasteiger partial charge is 0.507 e. The second-order valence-electron chi connectivity index (χ2n) is 20.4. The zero-order valence-electron chi connectivity index (χ0n) is 42.8. The number of aryl methyl sites for hydroxylation is 1. The van der Waals surface area contributed by atoms with E-state index in [9.17, 15) is 24.2 Å². The number of phenolic OH excluding ortho intramolecular Hbond substituents is 1. The quantitative estimate of drug-likeness (QED) is 0.0901. The van der Waals surface area contributed by atoms with Crippen LogP contribution in [-0.2, 0) is 16.6 Å². The summed E-state index contributed by atoms with van der Waals surface area (Å²) in [6.07, 6.45) is 4.34. The van der Waals surface area contributed by atoms with Crippen LogP contribution in [0.15, 0.2) is 89.7 Å². The first-order valence-corrected chi connectivity index (χ1v) is 25.9. The maximum atomic E-state index is 14.3. The molecule has 396 valence electrons. The van der Waals surface area contributed by atoms with Crippen LogP contribution >= 0.6 is 0 Å². The highest BCUT2D eigenvalue weighted by atomic mass is 19.1. The number of aromatic nitrogens is 6. The van der Waals surface area contributed by atoms with Crippen molar-refractivity contribution >= 4 is 29.0 Å². The number of carbonyl (C=O) groups excluding carboxylic acids is 2. The Morgan fingerprint density at radius 2 is 1.59 bits per heavy atom. The van der Waals surface area contributed by atoms with Crippen molar-refractivity contribution in [1.29, 1.82) is 0 Å². The van der Waals surface area contributed by atoms with Crippen molar-refractivity contribution in [3.63, 3.8) is 0 Å². The highest BCUT2D eigenvalue weighted by Crippen LogP contribution is 2.40. The molecule has 2 aromatic carbocycles. The number of benzene rings is 2. The minimum absolute atomic E-state index is 0.0123. The molecular formula is C54H66FN13O7. The lowest BCUT2D eigenvalue weighted by Crippen LogP contribution is -2.54. The lowest BCUT2D eigenvalue weighted by atomic mass is 9.91. The van der Waals surface area contributed by atoms with E-state index in [4.69, 9.17) is 19.7 Å². The predicted octanol–water partition coefficient (Wildman–Crippen LogP) is 4.87. The van der Waals surface area contributed by atoms with Gasteiger partial charge in [0.1, 0.15) is 36.6 Å². The van der Waals surface area contributed by atoms with E-state index in [1.807, 2.05) is 63.4 Å². The van der Waals surface area contributed by atoms with Gasteiger partial charge in [0.25, 0.3) is 5.88 Å². The number of halogens is 1. The van der Waals surface area contributed by atoms with Gasteiger partial charge in [-0.3, -0.25) is 24.1 Å². The van der Waals surface area contributed by atoms with Crippen LogP contribution in [0.25, 0.3) is 22.5 Å². The molecule has 2 bridgehead atoms. The van der Waals surface area contributed by atoms with Crippen molar-refractivity contribution in [1.82, 2.24) is 50.1 Å². The van der Waals surface area contributed by atoms with E-state index >= 15 is 0 Å². The highest BCUT2D eigenvalue weighted by Gasteiger charge is 2.44. The molecule has 4 aliphatic rings. The molecule has 10 rings (SSSR count). The number of carbonyl (C=O) groups is 2. The molecule has 0 spiro atoms. The summed E-state index contributed by atoms with van der Waals surface area (Å²) >= 11 is 0. The SMILES string of the molecule is CC(C)[C@H](C(=O)N1C[C@H](O)C[C@H]1C(=O)N[C@@H](C)c1ccc(-c2c(F)cnn2C)cc1)c1cc(OCCN2CCN(CCOc3cc(N4C5CCC4CN(c4cc(-c6ccccc6O)nnc4N)C5)ccn3)CC2)no1. The van der Waals surface area contributed by atoms with E-state index in [1.165, 1.54) is 15.8 Å². The molecule has 4 saturated heterocycles. The summed E-state index contributed by atoms with van der Waals surface area (Å²) < 4.78 is 33.8. The number of aliphatic hydroxyl groups is 1. The molecule has 20 nitrogen and oxygen atoms in total. The fourth-order valence-electron chi connectivity index (χ4n) is 11.2. The van der Waals surface area contributed by atoms with Gasteiger partial charge in [0.15, 0.2) is 17.4 Å². The van der Waals surface area contributed by atoms with Crippen LogP contribution in [0.2, 0.25) is 0 Å². The van der Waals surface area contributed by atoms with E-state index in [-0.39, 0.29) is 54.4 Å². The molecule has 4 fully saturated rings. The molecule has 4 aliphatic heterocycles. The van der Waals surface area contributed by atoms with Crippen LogP contribution in [0.1, 0.15) is 63.3 Å². The maximum absolute atomic E-state index is 14.3. The van der Waals surface area contributed by atoms with Crippen LogP contribution in [0.3, 0.4) is 0 Å². The first kappa shape index (κ1) is 51.1. The molecule has 2 unspecified atom stereocenters. The number of pyridine rings is 1. The average Bonchev–Trinajstić information content (AvgIpc) is 4.19. The zero-order valence-corrected chi connectivity index (χ0v) is 42.8. The van der Waals surface area contributed by atoms with Gasteiger partial charge in [-0.2, -0.15) is 5.10 Å². The summed E-state index contributed by atoms with van der Waals surface area (Å²) in [5.41, 5.74) is 11.3. The van der Waals surface area contributed by atoms with Gasteiger partial charge < -0.3 is 50.0 Å². The van der Waals surface area contributed by atoms with E-state index < -0.39 is 29.9 Å². The van der Waals surface area contributed by atoms with E-state index in [1.54, 1.807) is 37.4 Å². The van der Waals surface area contributed by atoms with Gasteiger partial charge in [-0.25, -0.2) is 9.37 Å². The lowest BCUT2D eigenvalue weighted by molar-refractivity contribution is -0.141. The summed E-state index contributed by atoms with van der Waals surface area (Å²) in [5.74, 6) is -0.361. The number of ether oxygens (including phenoxy) is 2. The molecule has 4 aromatic heterocycles. The fraction of sp³-hybridized carbons (Fsp3) is 0.463. The Morgan fingerprint density at radius 1 is 0.893 bits per heavy atom. The monoisotopic (exact) mass is 1030 g/mol.